The summed E-state index contributed by atoms with van der Waals surface area (Å²) in [6, 6.07) is 8.89. The molecule has 1 aromatic carbocycles. The molecule has 1 aromatic rings. The molecular weight excluding hydrogens is 302 g/mol. The van der Waals surface area contributed by atoms with Gasteiger partial charge < -0.3 is 25.2 Å². The fourth-order valence-corrected chi connectivity index (χ4v) is 3.28. The highest BCUT2D eigenvalue weighted by Gasteiger charge is 2.19. The average Bonchev–Trinajstić information content (AvgIpc) is 3.04. The Bertz CT molecular complexity index is 595. The second-order valence-corrected chi connectivity index (χ2v) is 6.31. The number of hydrazine groups is 1. The van der Waals surface area contributed by atoms with Gasteiger partial charge in [-0.2, -0.15) is 0 Å². The van der Waals surface area contributed by atoms with E-state index in [1.807, 2.05) is 18.3 Å². The molecule has 0 aromatic heterocycles. The third kappa shape index (κ3) is 4.03. The van der Waals surface area contributed by atoms with Crippen LogP contribution in [0.2, 0.25) is 0 Å². The molecule has 130 valence electrons. The van der Waals surface area contributed by atoms with Crippen LogP contribution >= 0.6 is 0 Å². The first-order chi connectivity index (χ1) is 11.8. The Morgan fingerprint density at radius 3 is 2.67 bits per heavy atom. The van der Waals surface area contributed by atoms with Gasteiger partial charge in [0.2, 0.25) is 0 Å². The van der Waals surface area contributed by atoms with Crippen LogP contribution in [0.3, 0.4) is 0 Å². The molecular formula is C19H27N3O2. The number of nitrogens with one attached hydrogen (secondary N) is 2. The highest BCUT2D eigenvalue weighted by Crippen LogP contribution is 2.25. The topological polar surface area (TPSA) is 45.8 Å². The first-order valence-corrected chi connectivity index (χ1v) is 8.71. The van der Waals surface area contributed by atoms with Crippen LogP contribution < -0.4 is 15.6 Å². The molecule has 3 rings (SSSR count). The predicted molar refractivity (Wildman–Crippen MR) is 96.2 cm³/mol. The van der Waals surface area contributed by atoms with E-state index in [1.165, 1.54) is 19.4 Å². The van der Waals surface area contributed by atoms with Gasteiger partial charge in [-0.15, -0.1) is 0 Å². The molecule has 2 aliphatic heterocycles. The van der Waals surface area contributed by atoms with Crippen LogP contribution in [-0.2, 0) is 4.74 Å². The zero-order valence-corrected chi connectivity index (χ0v) is 14.5. The van der Waals surface area contributed by atoms with Crippen molar-refractivity contribution in [2.75, 3.05) is 26.8 Å². The summed E-state index contributed by atoms with van der Waals surface area (Å²) in [7, 11) is 1.67. The van der Waals surface area contributed by atoms with E-state index in [9.17, 15) is 0 Å². The molecule has 5 heteroatoms. The van der Waals surface area contributed by atoms with E-state index >= 15 is 0 Å². The minimum atomic E-state index is 0.735. The monoisotopic (exact) mass is 329 g/mol. The first kappa shape index (κ1) is 16.7. The number of ether oxygens (including phenoxy) is 2. The summed E-state index contributed by atoms with van der Waals surface area (Å²) in [5, 5.41) is 0. The zero-order valence-electron chi connectivity index (χ0n) is 14.5. The van der Waals surface area contributed by atoms with E-state index in [0.717, 1.165) is 48.3 Å². The molecule has 0 unspecified atom stereocenters. The summed E-state index contributed by atoms with van der Waals surface area (Å²) in [4.78, 5) is 2.56. The summed E-state index contributed by atoms with van der Waals surface area (Å²) < 4.78 is 11.3. The van der Waals surface area contributed by atoms with Crippen molar-refractivity contribution >= 4 is 5.57 Å². The zero-order chi connectivity index (χ0) is 16.8. The molecule has 2 heterocycles. The number of nitrogens with zero attached hydrogens (tertiary/aromatic N) is 1. The summed E-state index contributed by atoms with van der Waals surface area (Å²) in [6.45, 7) is 5.45. The van der Waals surface area contributed by atoms with E-state index in [2.05, 4.69) is 34.8 Å². The Morgan fingerprint density at radius 1 is 1.17 bits per heavy atom. The van der Waals surface area contributed by atoms with E-state index in [4.69, 9.17) is 9.47 Å². The lowest BCUT2D eigenvalue weighted by atomic mass is 10.0. The molecule has 1 saturated heterocycles. The number of allylic oxidation sites excluding steroid dienone is 1. The van der Waals surface area contributed by atoms with Crippen molar-refractivity contribution in [1.29, 1.82) is 0 Å². The van der Waals surface area contributed by atoms with Gasteiger partial charge >= 0.3 is 0 Å². The fraction of sp³-hybridized carbons (Fsp3) is 0.474. The number of likely N-dealkylation sites (tertiary alicyclic amines) is 1. The number of hydrogen-bond donors (Lipinski definition) is 2. The SMILES string of the molecule is COC1=CNNC=C1c1ccc(OCCCN2CCC[C@H]2C)cc1. The molecule has 0 amide bonds. The maximum Gasteiger partial charge on any atom is 0.145 e. The minimum Gasteiger partial charge on any atom is -0.494 e. The maximum atomic E-state index is 5.88. The standard InChI is InChI=1S/C19H27N3O2/c1-15-5-3-10-22(15)11-4-12-24-17-8-6-16(7-9-17)18-13-20-21-14-19(18)23-2/h6-9,13-15,20-21H,3-5,10-12H2,1-2H3/t15-/m1/s1. The van der Waals surface area contributed by atoms with Crippen molar-refractivity contribution in [2.24, 2.45) is 0 Å². The summed E-state index contributed by atoms with van der Waals surface area (Å²) >= 11 is 0. The molecule has 1 atom stereocenters. The lowest BCUT2D eigenvalue weighted by Crippen LogP contribution is -2.28. The Labute approximate surface area is 144 Å². The number of methoxy groups -OCH3 is 1. The van der Waals surface area contributed by atoms with Crippen LogP contribution in [-0.4, -0.2) is 37.7 Å². The third-order valence-electron chi connectivity index (χ3n) is 4.70. The van der Waals surface area contributed by atoms with Crippen molar-refractivity contribution in [1.82, 2.24) is 15.8 Å². The number of rotatable bonds is 7. The van der Waals surface area contributed by atoms with E-state index in [1.54, 1.807) is 13.3 Å². The molecule has 0 radical (unpaired) electrons. The van der Waals surface area contributed by atoms with Gasteiger partial charge in [0.05, 0.1) is 19.9 Å². The van der Waals surface area contributed by atoms with Gasteiger partial charge in [-0.05, 0) is 50.4 Å². The van der Waals surface area contributed by atoms with Gasteiger partial charge in [0.15, 0.2) is 0 Å². The van der Waals surface area contributed by atoms with E-state index in [-0.39, 0.29) is 0 Å². The molecule has 0 bridgehead atoms. The summed E-state index contributed by atoms with van der Waals surface area (Å²) in [6.07, 6.45) is 7.44. The van der Waals surface area contributed by atoms with Gasteiger partial charge in [0.1, 0.15) is 11.5 Å². The van der Waals surface area contributed by atoms with Crippen LogP contribution in [0.1, 0.15) is 31.7 Å². The molecule has 2 N–H and O–H groups in total. The summed E-state index contributed by atoms with van der Waals surface area (Å²) in [5.74, 6) is 1.72. The van der Waals surface area contributed by atoms with Crippen LogP contribution in [0.5, 0.6) is 5.75 Å². The van der Waals surface area contributed by atoms with Crippen molar-refractivity contribution in [3.63, 3.8) is 0 Å². The summed E-state index contributed by atoms with van der Waals surface area (Å²) in [5.41, 5.74) is 8.01. The van der Waals surface area contributed by atoms with Crippen molar-refractivity contribution in [3.05, 3.63) is 48.0 Å². The third-order valence-corrected chi connectivity index (χ3v) is 4.70. The Morgan fingerprint density at radius 2 is 1.96 bits per heavy atom. The molecule has 0 aliphatic carbocycles. The lowest BCUT2D eigenvalue weighted by molar-refractivity contribution is 0.230. The average molecular weight is 329 g/mol. The Hall–Kier alpha value is -2.14. The van der Waals surface area contributed by atoms with Gasteiger partial charge in [0.25, 0.3) is 0 Å². The van der Waals surface area contributed by atoms with E-state index < -0.39 is 0 Å². The number of benzene rings is 1. The second-order valence-electron chi connectivity index (χ2n) is 6.31. The maximum absolute atomic E-state index is 5.88. The Balaban J connectivity index is 1.48. The van der Waals surface area contributed by atoms with Crippen molar-refractivity contribution in [3.8, 4) is 5.75 Å². The predicted octanol–water partition coefficient (Wildman–Crippen LogP) is 2.88. The van der Waals surface area contributed by atoms with Gasteiger partial charge in [-0.3, -0.25) is 0 Å². The number of hydrogen-bond acceptors (Lipinski definition) is 5. The Kier molecular flexibility index (Phi) is 5.64. The highest BCUT2D eigenvalue weighted by molar-refractivity contribution is 5.77. The molecule has 0 spiro atoms. The molecule has 5 nitrogen and oxygen atoms in total. The van der Waals surface area contributed by atoms with Crippen LogP contribution in [0, 0.1) is 0 Å². The van der Waals surface area contributed by atoms with Crippen molar-refractivity contribution < 1.29 is 9.47 Å². The second kappa shape index (κ2) is 8.11. The minimum absolute atomic E-state index is 0.735. The first-order valence-electron chi connectivity index (χ1n) is 8.71. The normalized spacial score (nSPS) is 20.7. The van der Waals surface area contributed by atoms with Gasteiger partial charge in [-0.25, -0.2) is 0 Å². The lowest BCUT2D eigenvalue weighted by Gasteiger charge is -2.20. The van der Waals surface area contributed by atoms with Crippen LogP contribution in [0.15, 0.2) is 42.4 Å². The highest BCUT2D eigenvalue weighted by atomic mass is 16.5. The van der Waals surface area contributed by atoms with E-state index in [0.29, 0.717) is 0 Å². The molecule has 2 aliphatic rings. The fourth-order valence-electron chi connectivity index (χ4n) is 3.28. The smallest absolute Gasteiger partial charge is 0.145 e. The van der Waals surface area contributed by atoms with Crippen LogP contribution in [0.4, 0.5) is 0 Å². The largest absolute Gasteiger partial charge is 0.494 e. The quantitative estimate of drug-likeness (QED) is 0.753. The van der Waals surface area contributed by atoms with Gasteiger partial charge in [0, 0.05) is 24.4 Å². The van der Waals surface area contributed by atoms with Crippen LogP contribution in [0.25, 0.3) is 5.57 Å². The molecule has 24 heavy (non-hydrogen) atoms. The van der Waals surface area contributed by atoms with Crippen molar-refractivity contribution in [2.45, 2.75) is 32.2 Å². The van der Waals surface area contributed by atoms with Gasteiger partial charge in [-0.1, -0.05) is 12.1 Å². The molecule has 0 saturated carbocycles. The molecule has 1 fully saturated rings.